The van der Waals surface area contributed by atoms with Crippen LogP contribution in [0.1, 0.15) is 37.7 Å². The standard InChI is InChI=1S/C14H16NO2.Cu/c1-2-4-12(5-3-1)15-9-11-6-7-13-14(8-11)17-10-16-13;/h7-9,12H,1-5,10H2;/q-1;+1. The molecule has 0 saturated heterocycles. The Kier molecular flexibility index (Phi) is 4.67. The number of fused-ring (bicyclic) bond motifs is 1. The molecule has 1 aromatic rings. The molecule has 100 valence electrons. The molecule has 0 unspecified atom stereocenters. The Morgan fingerprint density at radius 3 is 2.78 bits per heavy atom. The van der Waals surface area contributed by atoms with Gasteiger partial charge in [-0.1, -0.05) is 31.5 Å². The van der Waals surface area contributed by atoms with E-state index in [1.165, 1.54) is 32.1 Å². The number of aliphatic imine (C=N–C) groups is 1. The fraction of sp³-hybridized carbons (Fsp3) is 0.500. The van der Waals surface area contributed by atoms with Gasteiger partial charge in [-0.2, -0.15) is 0 Å². The minimum atomic E-state index is 0. The maximum Gasteiger partial charge on any atom is 1.00 e. The van der Waals surface area contributed by atoms with Crippen molar-refractivity contribution >= 4 is 6.21 Å². The second-order valence-corrected chi connectivity index (χ2v) is 4.59. The molecule has 1 saturated carbocycles. The summed E-state index contributed by atoms with van der Waals surface area (Å²) in [6.07, 6.45) is 8.35. The van der Waals surface area contributed by atoms with E-state index in [0.29, 0.717) is 12.8 Å². The first-order valence-electron chi connectivity index (χ1n) is 6.26. The minimum absolute atomic E-state index is 0. The van der Waals surface area contributed by atoms with Gasteiger partial charge in [0.05, 0.1) is 11.5 Å². The summed E-state index contributed by atoms with van der Waals surface area (Å²) in [5.41, 5.74) is 0.972. The third-order valence-electron chi connectivity index (χ3n) is 3.33. The van der Waals surface area contributed by atoms with Crippen molar-refractivity contribution in [3.05, 3.63) is 23.8 Å². The summed E-state index contributed by atoms with van der Waals surface area (Å²) in [4.78, 5) is 4.63. The maximum atomic E-state index is 5.33. The Morgan fingerprint density at radius 1 is 1.17 bits per heavy atom. The van der Waals surface area contributed by atoms with Crippen molar-refractivity contribution in [2.45, 2.75) is 38.1 Å². The first-order valence-corrected chi connectivity index (χ1v) is 6.26. The third-order valence-corrected chi connectivity index (χ3v) is 3.33. The van der Waals surface area contributed by atoms with E-state index in [-0.39, 0.29) is 17.1 Å². The van der Waals surface area contributed by atoms with Gasteiger partial charge in [0.25, 0.3) is 0 Å². The average Bonchev–Trinajstić information content (AvgIpc) is 2.85. The van der Waals surface area contributed by atoms with Crippen molar-refractivity contribution in [1.29, 1.82) is 0 Å². The molecule has 2 aliphatic rings. The van der Waals surface area contributed by atoms with E-state index in [4.69, 9.17) is 9.47 Å². The Balaban J connectivity index is 0.00000120. The van der Waals surface area contributed by atoms with Crippen molar-refractivity contribution in [3.63, 3.8) is 0 Å². The molecular weight excluding hydrogens is 278 g/mol. The fourth-order valence-corrected chi connectivity index (χ4v) is 2.35. The first-order chi connectivity index (χ1) is 8.42. The number of rotatable bonds is 2. The summed E-state index contributed by atoms with van der Waals surface area (Å²) < 4.78 is 10.6. The van der Waals surface area contributed by atoms with Gasteiger partial charge in [0.15, 0.2) is 0 Å². The van der Waals surface area contributed by atoms with Gasteiger partial charge in [0, 0.05) is 6.04 Å². The zero-order chi connectivity index (χ0) is 11.5. The van der Waals surface area contributed by atoms with Crippen molar-refractivity contribution in [2.75, 3.05) is 6.79 Å². The topological polar surface area (TPSA) is 30.8 Å². The van der Waals surface area contributed by atoms with E-state index < -0.39 is 0 Å². The summed E-state index contributed by atoms with van der Waals surface area (Å²) in [6.45, 7) is 0.312. The maximum absolute atomic E-state index is 5.33. The van der Waals surface area contributed by atoms with Crippen LogP contribution in [0.4, 0.5) is 0 Å². The first kappa shape index (κ1) is 13.4. The van der Waals surface area contributed by atoms with Gasteiger partial charge in [-0.3, -0.25) is 0 Å². The monoisotopic (exact) mass is 293 g/mol. The molecule has 0 bridgehead atoms. The molecule has 0 amide bonds. The molecule has 0 radical (unpaired) electrons. The number of hydrogen-bond donors (Lipinski definition) is 0. The van der Waals surface area contributed by atoms with Crippen molar-refractivity contribution in [1.82, 2.24) is 0 Å². The summed E-state index contributed by atoms with van der Waals surface area (Å²) in [5, 5.41) is 0. The van der Waals surface area contributed by atoms with Crippen LogP contribution in [0.25, 0.3) is 0 Å². The molecule has 0 aromatic heterocycles. The zero-order valence-electron chi connectivity index (χ0n) is 10.1. The normalized spacial score (nSPS) is 18.9. The van der Waals surface area contributed by atoms with Crippen LogP contribution in [0, 0.1) is 6.07 Å². The van der Waals surface area contributed by atoms with Gasteiger partial charge >= 0.3 is 17.1 Å². The van der Waals surface area contributed by atoms with Crippen LogP contribution in [-0.2, 0) is 17.1 Å². The van der Waals surface area contributed by atoms with Crippen LogP contribution in [0.5, 0.6) is 11.5 Å². The van der Waals surface area contributed by atoms with Gasteiger partial charge in [-0.05, 0) is 12.8 Å². The molecule has 0 atom stereocenters. The van der Waals surface area contributed by atoms with Crippen molar-refractivity contribution in [2.24, 2.45) is 4.99 Å². The molecular formula is C14H16CuNO2. The van der Waals surface area contributed by atoms with Crippen molar-refractivity contribution < 1.29 is 26.5 Å². The third kappa shape index (κ3) is 3.06. The van der Waals surface area contributed by atoms with Crippen LogP contribution >= 0.6 is 0 Å². The number of benzene rings is 1. The van der Waals surface area contributed by atoms with Gasteiger partial charge in [0.2, 0.25) is 6.79 Å². The van der Waals surface area contributed by atoms with Crippen molar-refractivity contribution in [3.8, 4) is 11.5 Å². The van der Waals surface area contributed by atoms with Gasteiger partial charge in [0.1, 0.15) is 0 Å². The van der Waals surface area contributed by atoms with E-state index in [1.807, 2.05) is 18.3 Å². The van der Waals surface area contributed by atoms with E-state index in [9.17, 15) is 0 Å². The van der Waals surface area contributed by atoms with E-state index >= 15 is 0 Å². The van der Waals surface area contributed by atoms with Crippen LogP contribution < -0.4 is 9.47 Å². The second kappa shape index (κ2) is 6.26. The van der Waals surface area contributed by atoms with Gasteiger partial charge < -0.3 is 14.5 Å². The fourth-order valence-electron chi connectivity index (χ4n) is 2.35. The summed E-state index contributed by atoms with van der Waals surface area (Å²) in [7, 11) is 0. The Bertz CT molecular complexity index is 428. The van der Waals surface area contributed by atoms with Crippen LogP contribution in [0.15, 0.2) is 17.1 Å². The number of nitrogens with zero attached hydrogens (tertiary/aromatic N) is 1. The predicted octanol–water partition coefficient (Wildman–Crippen LogP) is 2.96. The molecule has 1 fully saturated rings. The number of hydrogen-bond acceptors (Lipinski definition) is 3. The van der Waals surface area contributed by atoms with Gasteiger partial charge in [-0.15, -0.1) is 17.7 Å². The Morgan fingerprint density at radius 2 is 1.94 bits per heavy atom. The summed E-state index contributed by atoms with van der Waals surface area (Å²) in [5.74, 6) is 1.58. The van der Waals surface area contributed by atoms with Gasteiger partial charge in [-0.25, -0.2) is 0 Å². The summed E-state index contributed by atoms with van der Waals surface area (Å²) >= 11 is 0. The molecule has 0 N–H and O–H groups in total. The smallest absolute Gasteiger partial charge is 0.500 e. The molecule has 3 nitrogen and oxygen atoms in total. The van der Waals surface area contributed by atoms with E-state index in [2.05, 4.69) is 11.1 Å². The Hall–Kier alpha value is -0.991. The molecule has 1 aromatic carbocycles. The number of ether oxygens (including phenoxy) is 2. The molecule has 1 aliphatic heterocycles. The van der Waals surface area contributed by atoms with Crippen LogP contribution in [0.3, 0.4) is 0 Å². The molecule has 1 heterocycles. The Labute approximate surface area is 118 Å². The van der Waals surface area contributed by atoms with Crippen LogP contribution in [-0.4, -0.2) is 19.0 Å². The SMILES string of the molecule is [Cu+].[c-]1cc2c(cc1C=NC1CCCCC1)OCO2. The molecule has 3 rings (SSSR count). The summed E-state index contributed by atoms with van der Waals surface area (Å²) in [6, 6.07) is 7.42. The van der Waals surface area contributed by atoms with Crippen LogP contribution in [0.2, 0.25) is 0 Å². The minimum Gasteiger partial charge on any atom is -0.500 e. The van der Waals surface area contributed by atoms with E-state index in [0.717, 1.165) is 17.1 Å². The molecule has 0 spiro atoms. The molecule has 1 aliphatic carbocycles. The largest absolute Gasteiger partial charge is 1.00 e. The van der Waals surface area contributed by atoms with E-state index in [1.54, 1.807) is 0 Å². The molecule has 4 heteroatoms. The predicted molar refractivity (Wildman–Crippen MR) is 65.9 cm³/mol. The average molecular weight is 294 g/mol. The molecule has 18 heavy (non-hydrogen) atoms. The second-order valence-electron chi connectivity index (χ2n) is 4.59. The quantitative estimate of drug-likeness (QED) is 0.477. The zero-order valence-corrected chi connectivity index (χ0v) is 11.1.